The van der Waals surface area contributed by atoms with E-state index in [1.807, 2.05) is 0 Å². The number of phenols is 3. The number of benzene rings is 2. The van der Waals surface area contributed by atoms with E-state index in [0.717, 1.165) is 12.1 Å². The lowest BCUT2D eigenvalue weighted by Crippen LogP contribution is -2.60. The predicted octanol–water partition coefficient (Wildman–Crippen LogP) is -0.417. The molecule has 7 N–H and O–H groups in total. The molecular formula is C21H20O14S. The second-order valence-corrected chi connectivity index (χ2v) is 8.91. The largest absolute Gasteiger partial charge is 0.508 e. The van der Waals surface area contributed by atoms with Crippen molar-refractivity contribution >= 4 is 21.4 Å². The van der Waals surface area contributed by atoms with Crippen molar-refractivity contribution in [2.24, 2.45) is 0 Å². The molecule has 0 saturated carbocycles. The Bertz CT molecular complexity index is 1430. The van der Waals surface area contributed by atoms with Crippen LogP contribution in [0.25, 0.3) is 22.3 Å². The molecule has 3 aromatic rings. The van der Waals surface area contributed by atoms with Gasteiger partial charge in [0.05, 0.1) is 6.61 Å². The first-order chi connectivity index (χ1) is 16.9. The van der Waals surface area contributed by atoms with E-state index in [-0.39, 0.29) is 22.7 Å². The molecular weight excluding hydrogens is 508 g/mol. The molecule has 2 aromatic carbocycles. The second kappa shape index (κ2) is 9.55. The Morgan fingerprint density at radius 3 is 2.22 bits per heavy atom. The molecule has 14 nitrogen and oxygen atoms in total. The molecule has 0 radical (unpaired) electrons. The summed E-state index contributed by atoms with van der Waals surface area (Å²) >= 11 is 0. The van der Waals surface area contributed by atoms with Gasteiger partial charge in [-0.1, -0.05) is 0 Å². The zero-order chi connectivity index (χ0) is 26.4. The number of phenolic OH excluding ortho intramolecular Hbond substituents is 3. The van der Waals surface area contributed by atoms with Gasteiger partial charge in [-0.05, 0) is 24.3 Å². The Balaban J connectivity index is 1.81. The minimum atomic E-state index is -4.95. The number of hydrogen-bond donors (Lipinski definition) is 7. The molecule has 0 spiro atoms. The molecule has 36 heavy (non-hydrogen) atoms. The smallest absolute Gasteiger partial charge is 0.397 e. The molecule has 0 aliphatic carbocycles. The Hall–Kier alpha value is -3.44. The van der Waals surface area contributed by atoms with Crippen molar-refractivity contribution in [3.05, 3.63) is 46.6 Å². The van der Waals surface area contributed by atoms with Crippen molar-refractivity contribution in [2.45, 2.75) is 30.7 Å². The summed E-state index contributed by atoms with van der Waals surface area (Å²) in [5.74, 6) is -2.14. The van der Waals surface area contributed by atoms with Gasteiger partial charge in [0.25, 0.3) is 0 Å². The minimum absolute atomic E-state index is 0.121. The molecule has 5 atom stereocenters. The normalized spacial score (nSPS) is 24.6. The van der Waals surface area contributed by atoms with Gasteiger partial charge in [0.1, 0.15) is 52.6 Å². The third-order valence-electron chi connectivity index (χ3n) is 5.33. The summed E-state index contributed by atoms with van der Waals surface area (Å²) in [4.78, 5) is 13.3. The first-order valence-corrected chi connectivity index (χ1v) is 11.5. The summed E-state index contributed by atoms with van der Waals surface area (Å²) in [5.41, 5.74) is -1.06. The summed E-state index contributed by atoms with van der Waals surface area (Å²) in [7, 11) is -4.95. The summed E-state index contributed by atoms with van der Waals surface area (Å²) in [6.45, 7) is -0.985. The minimum Gasteiger partial charge on any atom is -0.508 e. The van der Waals surface area contributed by atoms with Crippen molar-refractivity contribution in [2.75, 3.05) is 6.61 Å². The number of aromatic hydroxyl groups is 3. The highest BCUT2D eigenvalue weighted by molar-refractivity contribution is 7.80. The Kier molecular flexibility index (Phi) is 6.80. The molecule has 1 aliphatic rings. The number of aliphatic hydroxyl groups excluding tert-OH is 3. The zero-order valence-corrected chi connectivity index (χ0v) is 18.8. The Labute approximate surface area is 201 Å². The standard InChI is InChI=1S/C21H20O14S/c22-9-3-1-8(2-4-9)19-20(16(26)14-11(24)5-10(23)6-12(14)33-19)35-21-18(28)17(27)15(25)13(34-21)7-32-36(29,30)31/h1-6,13,15,17-18,21-25,27-28H,7H2,(H,29,30,31)/t13-,15-,17?,18?,21+/m1/s1. The van der Waals surface area contributed by atoms with Gasteiger partial charge in [-0.2, -0.15) is 8.42 Å². The number of fused-ring (bicyclic) bond motifs is 1. The van der Waals surface area contributed by atoms with Gasteiger partial charge >= 0.3 is 10.4 Å². The van der Waals surface area contributed by atoms with Crippen LogP contribution in [0, 0.1) is 0 Å². The lowest BCUT2D eigenvalue weighted by molar-refractivity contribution is -0.276. The maximum absolute atomic E-state index is 13.3. The first-order valence-electron chi connectivity index (χ1n) is 10.2. The fraction of sp³-hybridized carbons (Fsp3) is 0.286. The number of aliphatic hydroxyl groups is 3. The van der Waals surface area contributed by atoms with E-state index in [1.54, 1.807) is 0 Å². The average molecular weight is 528 g/mol. The molecule has 0 amide bonds. The van der Waals surface area contributed by atoms with Gasteiger partial charge in [0, 0.05) is 17.7 Å². The first kappa shape index (κ1) is 25.6. The summed E-state index contributed by atoms with van der Waals surface area (Å²) < 4.78 is 51.3. The second-order valence-electron chi connectivity index (χ2n) is 7.82. The van der Waals surface area contributed by atoms with Gasteiger partial charge in [0.15, 0.2) is 5.76 Å². The van der Waals surface area contributed by atoms with Crippen LogP contribution in [-0.2, 0) is 19.3 Å². The molecule has 2 unspecified atom stereocenters. The van der Waals surface area contributed by atoms with Crippen molar-refractivity contribution in [1.29, 1.82) is 0 Å². The van der Waals surface area contributed by atoms with Crippen LogP contribution in [-0.4, -0.2) is 80.9 Å². The highest BCUT2D eigenvalue weighted by atomic mass is 32.3. The highest BCUT2D eigenvalue weighted by Gasteiger charge is 2.46. The van der Waals surface area contributed by atoms with Crippen LogP contribution in [0.3, 0.4) is 0 Å². The van der Waals surface area contributed by atoms with Crippen molar-refractivity contribution in [3.8, 4) is 34.3 Å². The molecule has 1 aliphatic heterocycles. The molecule has 1 aromatic heterocycles. The fourth-order valence-electron chi connectivity index (χ4n) is 3.60. The van der Waals surface area contributed by atoms with Crippen molar-refractivity contribution < 1.29 is 61.7 Å². The van der Waals surface area contributed by atoms with Crippen LogP contribution in [0.1, 0.15) is 0 Å². The number of ether oxygens (including phenoxy) is 2. The fourth-order valence-corrected chi connectivity index (χ4v) is 3.91. The van der Waals surface area contributed by atoms with Gasteiger partial charge in [-0.25, -0.2) is 4.18 Å². The van der Waals surface area contributed by atoms with Crippen molar-refractivity contribution in [3.63, 3.8) is 0 Å². The topological polar surface area (TPSA) is 234 Å². The molecule has 15 heteroatoms. The van der Waals surface area contributed by atoms with E-state index >= 15 is 0 Å². The maximum atomic E-state index is 13.3. The van der Waals surface area contributed by atoms with E-state index in [9.17, 15) is 43.9 Å². The summed E-state index contributed by atoms with van der Waals surface area (Å²) in [6, 6.07) is 7.13. The van der Waals surface area contributed by atoms with E-state index in [4.69, 9.17) is 18.4 Å². The molecule has 1 saturated heterocycles. The molecule has 2 heterocycles. The molecule has 194 valence electrons. The van der Waals surface area contributed by atoms with Gasteiger partial charge < -0.3 is 44.5 Å². The van der Waals surface area contributed by atoms with Gasteiger partial charge in [-0.3, -0.25) is 9.35 Å². The third-order valence-corrected chi connectivity index (χ3v) is 5.76. The van der Waals surface area contributed by atoms with E-state index in [1.165, 1.54) is 24.3 Å². The maximum Gasteiger partial charge on any atom is 0.397 e. The molecule has 0 bridgehead atoms. The van der Waals surface area contributed by atoms with Crippen LogP contribution in [0.15, 0.2) is 45.6 Å². The lowest BCUT2D eigenvalue weighted by atomic mass is 9.99. The predicted molar refractivity (Wildman–Crippen MR) is 118 cm³/mol. The number of hydrogen-bond acceptors (Lipinski definition) is 13. The molecule has 1 fully saturated rings. The summed E-state index contributed by atoms with van der Waals surface area (Å²) in [5, 5.41) is 59.9. The third kappa shape index (κ3) is 5.07. The van der Waals surface area contributed by atoms with E-state index < -0.39 is 75.8 Å². The zero-order valence-electron chi connectivity index (χ0n) is 18.0. The Morgan fingerprint density at radius 2 is 1.58 bits per heavy atom. The SMILES string of the molecule is O=c1c(O[C@@H]2O[C@H](COS(=O)(=O)O)[C@@H](O)C(O)C2O)c(-c2ccc(O)cc2)oc2cc(O)cc(O)c12. The molecule has 4 rings (SSSR count). The quantitative estimate of drug-likeness (QED) is 0.201. The summed E-state index contributed by atoms with van der Waals surface area (Å²) in [6.07, 6.45) is -9.37. The lowest BCUT2D eigenvalue weighted by Gasteiger charge is -2.39. The van der Waals surface area contributed by atoms with E-state index in [0.29, 0.717) is 0 Å². The Morgan fingerprint density at radius 1 is 0.917 bits per heavy atom. The van der Waals surface area contributed by atoms with Crippen LogP contribution in [0.2, 0.25) is 0 Å². The van der Waals surface area contributed by atoms with Gasteiger partial charge in [0.2, 0.25) is 17.5 Å². The van der Waals surface area contributed by atoms with Crippen LogP contribution >= 0.6 is 0 Å². The average Bonchev–Trinajstić information content (AvgIpc) is 2.79. The van der Waals surface area contributed by atoms with Crippen LogP contribution < -0.4 is 10.2 Å². The van der Waals surface area contributed by atoms with Crippen LogP contribution in [0.4, 0.5) is 0 Å². The monoisotopic (exact) mass is 528 g/mol. The van der Waals surface area contributed by atoms with Crippen molar-refractivity contribution in [1.82, 2.24) is 0 Å². The highest BCUT2D eigenvalue weighted by Crippen LogP contribution is 2.37. The van der Waals surface area contributed by atoms with E-state index in [2.05, 4.69) is 4.18 Å². The number of rotatable bonds is 6. The van der Waals surface area contributed by atoms with Gasteiger partial charge in [-0.15, -0.1) is 0 Å². The van der Waals surface area contributed by atoms with Crippen LogP contribution in [0.5, 0.6) is 23.0 Å².